The summed E-state index contributed by atoms with van der Waals surface area (Å²) in [7, 11) is -3.67. The quantitative estimate of drug-likeness (QED) is 0.328. The van der Waals surface area contributed by atoms with Gasteiger partial charge in [-0.3, -0.25) is 9.52 Å². The van der Waals surface area contributed by atoms with Gasteiger partial charge in [0.25, 0.3) is 10.0 Å². The van der Waals surface area contributed by atoms with Crippen LogP contribution in [0.2, 0.25) is 0 Å². The summed E-state index contributed by atoms with van der Waals surface area (Å²) >= 11 is 0. The molecule has 1 unspecified atom stereocenters. The Labute approximate surface area is 239 Å². The van der Waals surface area contributed by atoms with E-state index in [2.05, 4.69) is 25.3 Å². The number of sulfonamides is 1. The van der Waals surface area contributed by atoms with Gasteiger partial charge in [-0.25, -0.2) is 36.4 Å². The molecule has 1 aliphatic rings. The molecule has 0 fully saturated rings. The van der Waals surface area contributed by atoms with E-state index in [1.54, 1.807) is 6.92 Å². The van der Waals surface area contributed by atoms with Gasteiger partial charge < -0.3 is 20.1 Å². The number of Topliss-reactive ketones (excluding diaryl/α,β-unsaturated/α-hetero) is 1. The molecular weight excluding hydrogens is 579 g/mol. The van der Waals surface area contributed by atoms with Gasteiger partial charge in [-0.05, 0) is 45.0 Å². The minimum Gasteiger partial charge on any atom is -0.477 e. The zero-order valence-corrected chi connectivity index (χ0v) is 23.6. The maximum atomic E-state index is 15.9. The van der Waals surface area contributed by atoms with Gasteiger partial charge in [0.1, 0.15) is 17.3 Å². The molecule has 1 amide bonds. The molecule has 42 heavy (non-hydrogen) atoms. The lowest BCUT2D eigenvalue weighted by atomic mass is 9.92. The topological polar surface area (TPSA) is 149 Å². The van der Waals surface area contributed by atoms with Gasteiger partial charge in [0, 0.05) is 24.3 Å². The molecule has 1 aromatic heterocycles. The number of halogens is 3. The first kappa shape index (κ1) is 30.3. The van der Waals surface area contributed by atoms with Crippen LogP contribution in [0.25, 0.3) is 11.3 Å². The van der Waals surface area contributed by atoms with Gasteiger partial charge in [0.05, 0.1) is 18.4 Å². The Hall–Kier alpha value is -4.66. The Morgan fingerprint density at radius 3 is 2.43 bits per heavy atom. The number of carbonyl (C=O) groups excluding carboxylic acids is 2. The first-order valence-electron chi connectivity index (χ1n) is 12.4. The second-order valence-corrected chi connectivity index (χ2v) is 11.3. The Kier molecular flexibility index (Phi) is 8.43. The van der Waals surface area contributed by atoms with Gasteiger partial charge in [-0.2, -0.15) is 0 Å². The molecule has 15 heteroatoms. The smallest absolute Gasteiger partial charge is 0.407 e. The van der Waals surface area contributed by atoms with Gasteiger partial charge in [-0.1, -0.05) is 18.2 Å². The van der Waals surface area contributed by atoms with Crippen molar-refractivity contribution in [3.05, 3.63) is 77.4 Å². The summed E-state index contributed by atoms with van der Waals surface area (Å²) in [6.45, 7) is 4.85. The number of alkyl carbamates (subject to hydrolysis) is 1. The molecule has 3 aromatic rings. The first-order valence-corrected chi connectivity index (χ1v) is 13.9. The van der Waals surface area contributed by atoms with E-state index < -0.39 is 55.5 Å². The standard InChI is InChI=1S/C27H26F3N5O6S/c1-14(33-26(37)40-4)13-32-25-31-12-11-19(34-25)22-20(24(36)27(2,3)41-22)15-7-5-10-18(21(15)30)35-42(38,39)23-16(28)8-6-9-17(23)29/h5-12,14,35H,13H2,1-4H3,(H,33,37)(H,31,32,34). The lowest BCUT2D eigenvalue weighted by Crippen LogP contribution is -2.37. The van der Waals surface area contributed by atoms with Crippen molar-refractivity contribution in [3.8, 4) is 0 Å². The highest BCUT2D eigenvalue weighted by Crippen LogP contribution is 2.42. The van der Waals surface area contributed by atoms with Crippen molar-refractivity contribution in [2.75, 3.05) is 23.7 Å². The van der Waals surface area contributed by atoms with Crippen LogP contribution in [0.15, 0.2) is 53.6 Å². The number of ketones is 1. The number of anilines is 2. The largest absolute Gasteiger partial charge is 0.477 e. The van der Waals surface area contributed by atoms with Crippen LogP contribution in [0.5, 0.6) is 0 Å². The number of carbonyl (C=O) groups is 2. The predicted molar refractivity (Wildman–Crippen MR) is 146 cm³/mol. The molecule has 0 spiro atoms. The third-order valence-electron chi connectivity index (χ3n) is 6.06. The van der Waals surface area contributed by atoms with Crippen LogP contribution in [0.3, 0.4) is 0 Å². The van der Waals surface area contributed by atoms with Gasteiger partial charge in [0.15, 0.2) is 22.1 Å². The van der Waals surface area contributed by atoms with Crippen molar-refractivity contribution >= 4 is 44.9 Å². The number of nitrogens with one attached hydrogen (secondary N) is 3. The third kappa shape index (κ3) is 6.15. The van der Waals surface area contributed by atoms with Gasteiger partial charge in [-0.15, -0.1) is 0 Å². The molecule has 3 N–H and O–H groups in total. The van der Waals surface area contributed by atoms with Crippen molar-refractivity contribution in [2.45, 2.75) is 37.3 Å². The predicted octanol–water partition coefficient (Wildman–Crippen LogP) is 4.10. The highest BCUT2D eigenvalue weighted by Gasteiger charge is 2.44. The Morgan fingerprint density at radius 2 is 1.76 bits per heavy atom. The van der Waals surface area contributed by atoms with Crippen LogP contribution in [-0.2, 0) is 24.3 Å². The summed E-state index contributed by atoms with van der Waals surface area (Å²) in [6.07, 6.45) is 0.746. The summed E-state index contributed by atoms with van der Waals surface area (Å²) in [5, 5.41) is 5.50. The van der Waals surface area contributed by atoms with Gasteiger partial charge in [0.2, 0.25) is 11.7 Å². The second kappa shape index (κ2) is 11.7. The number of hydrogen-bond donors (Lipinski definition) is 3. The Balaban J connectivity index is 1.72. The number of amides is 1. The Morgan fingerprint density at radius 1 is 1.10 bits per heavy atom. The summed E-state index contributed by atoms with van der Waals surface area (Å²) in [5.74, 6) is -4.54. The summed E-state index contributed by atoms with van der Waals surface area (Å²) in [4.78, 5) is 32.0. The molecule has 4 rings (SSSR count). The fourth-order valence-electron chi connectivity index (χ4n) is 4.05. The SMILES string of the molecule is COC(=O)NC(C)CNc1nccc(C2=C(c3cccc(NS(=O)(=O)c4c(F)cccc4F)c3F)C(=O)C(C)(C)O2)n1. The number of aromatic nitrogens is 2. The summed E-state index contributed by atoms with van der Waals surface area (Å²) in [5.41, 5.74) is -2.56. The Bertz CT molecular complexity index is 1680. The van der Waals surface area contributed by atoms with Crippen molar-refractivity contribution in [2.24, 2.45) is 0 Å². The van der Waals surface area contributed by atoms with E-state index in [1.807, 2.05) is 4.72 Å². The van der Waals surface area contributed by atoms with Crippen molar-refractivity contribution in [1.82, 2.24) is 15.3 Å². The lowest BCUT2D eigenvalue weighted by molar-refractivity contribution is -0.125. The molecule has 0 aliphatic carbocycles. The molecule has 0 bridgehead atoms. The van der Waals surface area contributed by atoms with Crippen LogP contribution in [-0.4, -0.2) is 55.6 Å². The number of methoxy groups -OCH3 is 1. The van der Waals surface area contributed by atoms with Crippen LogP contribution in [0.1, 0.15) is 32.0 Å². The molecule has 0 radical (unpaired) electrons. The van der Waals surface area contributed by atoms with E-state index in [0.717, 1.165) is 24.3 Å². The van der Waals surface area contributed by atoms with Crippen molar-refractivity contribution in [3.63, 3.8) is 0 Å². The number of hydrogen-bond acceptors (Lipinski definition) is 9. The highest BCUT2D eigenvalue weighted by molar-refractivity contribution is 7.92. The molecule has 1 aliphatic heterocycles. The third-order valence-corrected chi connectivity index (χ3v) is 7.48. The molecule has 11 nitrogen and oxygen atoms in total. The van der Waals surface area contributed by atoms with E-state index in [1.165, 1.54) is 45.4 Å². The minimum atomic E-state index is -4.90. The fourth-order valence-corrected chi connectivity index (χ4v) is 5.25. The monoisotopic (exact) mass is 605 g/mol. The lowest BCUT2D eigenvalue weighted by Gasteiger charge is -2.18. The summed E-state index contributed by atoms with van der Waals surface area (Å²) in [6, 6.07) is 7.07. The molecular formula is C27H26F3N5O6S. The van der Waals surface area contributed by atoms with Crippen molar-refractivity contribution in [1.29, 1.82) is 0 Å². The fraction of sp³-hybridized carbons (Fsp3) is 0.259. The first-order chi connectivity index (χ1) is 19.7. The normalized spacial score (nSPS) is 15.2. The highest BCUT2D eigenvalue weighted by atomic mass is 32.2. The minimum absolute atomic E-state index is 0.102. The van der Waals surface area contributed by atoms with E-state index in [4.69, 9.17) is 4.74 Å². The number of ether oxygens (including phenoxy) is 2. The maximum absolute atomic E-state index is 15.9. The van der Waals surface area contributed by atoms with E-state index in [0.29, 0.717) is 0 Å². The van der Waals surface area contributed by atoms with E-state index in [9.17, 15) is 26.8 Å². The second-order valence-electron chi connectivity index (χ2n) is 9.65. The molecule has 2 heterocycles. The maximum Gasteiger partial charge on any atom is 0.407 e. The van der Waals surface area contributed by atoms with Crippen molar-refractivity contribution < 1.29 is 40.7 Å². The number of benzene rings is 2. The van der Waals surface area contributed by atoms with Crippen LogP contribution in [0, 0.1) is 17.5 Å². The molecule has 2 aromatic carbocycles. The average Bonchev–Trinajstić information content (AvgIpc) is 3.17. The zero-order valence-electron chi connectivity index (χ0n) is 22.8. The summed E-state index contributed by atoms with van der Waals surface area (Å²) < 4.78 is 82.1. The van der Waals surface area contributed by atoms with Crippen LogP contribution >= 0.6 is 0 Å². The average molecular weight is 606 g/mol. The van der Waals surface area contributed by atoms with E-state index >= 15 is 4.39 Å². The van der Waals surface area contributed by atoms with Gasteiger partial charge >= 0.3 is 6.09 Å². The molecule has 0 saturated heterocycles. The van der Waals surface area contributed by atoms with Crippen LogP contribution < -0.4 is 15.4 Å². The van der Waals surface area contributed by atoms with E-state index in [-0.39, 0.29) is 41.1 Å². The number of nitrogens with zero attached hydrogens (tertiary/aromatic N) is 2. The molecule has 1 atom stereocenters. The molecule has 0 saturated carbocycles. The van der Waals surface area contributed by atoms with Crippen LogP contribution in [0.4, 0.5) is 29.6 Å². The molecule has 222 valence electrons. The number of rotatable bonds is 9. The zero-order chi connectivity index (χ0) is 30.8.